The molecule has 1 heterocycles. The number of amides is 1. The van der Waals surface area contributed by atoms with Gasteiger partial charge in [-0.25, -0.2) is 0 Å². The van der Waals surface area contributed by atoms with Crippen molar-refractivity contribution in [3.05, 3.63) is 64.7 Å². The Morgan fingerprint density at radius 1 is 1.06 bits per heavy atom. The Balaban J connectivity index is 2.12. The second-order valence-corrected chi connectivity index (χ2v) is 7.91. The lowest BCUT2D eigenvalue weighted by atomic mass is 9.94. The first-order valence-corrected chi connectivity index (χ1v) is 11.1. The average Bonchev–Trinajstić information content (AvgIpc) is 3.07. The summed E-state index contributed by atoms with van der Waals surface area (Å²) in [4.78, 5) is 27.6. The smallest absolute Gasteiger partial charge is 0.295 e. The van der Waals surface area contributed by atoms with Crippen molar-refractivity contribution in [2.45, 2.75) is 32.7 Å². The second-order valence-electron chi connectivity index (χ2n) is 7.91. The summed E-state index contributed by atoms with van der Waals surface area (Å²) in [5.74, 6) is -0.335. The number of carbonyl (C=O) groups excluding carboxylic acids is 2. The molecular formula is C26H31NO6. The fourth-order valence-electron chi connectivity index (χ4n) is 4.03. The summed E-state index contributed by atoms with van der Waals surface area (Å²) >= 11 is 0. The summed E-state index contributed by atoms with van der Waals surface area (Å²) in [6, 6.07) is 11.7. The van der Waals surface area contributed by atoms with Crippen LogP contribution in [0.1, 0.15) is 42.5 Å². The largest absolute Gasteiger partial charge is 0.507 e. The number of methoxy groups -OCH3 is 2. The highest BCUT2D eigenvalue weighted by Crippen LogP contribution is 2.42. The molecule has 1 N–H and O–H groups in total. The number of para-hydroxylation sites is 1. The SMILES string of the molecule is CCCOc1ccc(/C(O)=C2\C(=O)C(=O)N(CCCOC)C2c2ccccc2OC)cc1C. The highest BCUT2D eigenvalue weighted by Gasteiger charge is 2.46. The van der Waals surface area contributed by atoms with E-state index in [1.54, 1.807) is 37.4 Å². The van der Waals surface area contributed by atoms with Gasteiger partial charge < -0.3 is 24.2 Å². The van der Waals surface area contributed by atoms with Gasteiger partial charge in [0, 0.05) is 31.4 Å². The zero-order valence-electron chi connectivity index (χ0n) is 19.6. The van der Waals surface area contributed by atoms with Gasteiger partial charge >= 0.3 is 0 Å². The van der Waals surface area contributed by atoms with E-state index in [1.807, 2.05) is 26.0 Å². The molecular weight excluding hydrogens is 422 g/mol. The lowest BCUT2D eigenvalue weighted by Gasteiger charge is -2.26. The minimum absolute atomic E-state index is 0.0449. The molecule has 33 heavy (non-hydrogen) atoms. The molecule has 3 rings (SSSR count). The molecule has 0 saturated carbocycles. The molecule has 0 aliphatic carbocycles. The van der Waals surface area contributed by atoms with Crippen molar-refractivity contribution in [2.24, 2.45) is 0 Å². The fourth-order valence-corrected chi connectivity index (χ4v) is 4.03. The number of aliphatic hydroxyl groups excluding tert-OH is 1. The van der Waals surface area contributed by atoms with Crippen LogP contribution >= 0.6 is 0 Å². The third-order valence-electron chi connectivity index (χ3n) is 5.63. The lowest BCUT2D eigenvalue weighted by molar-refractivity contribution is -0.140. The van der Waals surface area contributed by atoms with Crippen molar-refractivity contribution in [3.63, 3.8) is 0 Å². The molecule has 7 nitrogen and oxygen atoms in total. The van der Waals surface area contributed by atoms with Gasteiger partial charge in [-0.15, -0.1) is 0 Å². The van der Waals surface area contributed by atoms with Crippen LogP contribution in [0.4, 0.5) is 0 Å². The Morgan fingerprint density at radius 2 is 1.82 bits per heavy atom. The molecule has 2 aromatic rings. The minimum Gasteiger partial charge on any atom is -0.507 e. The van der Waals surface area contributed by atoms with Crippen LogP contribution < -0.4 is 9.47 Å². The molecule has 0 aromatic heterocycles. The standard InChI is InChI=1S/C26H31NO6/c1-5-14-33-20-12-11-18(16-17(20)2)24(28)22-23(19-9-6-7-10-21(19)32-4)27(13-8-15-31-3)26(30)25(22)29/h6-7,9-12,16,23,28H,5,8,13-15H2,1-4H3/b24-22+. The summed E-state index contributed by atoms with van der Waals surface area (Å²) in [6.07, 6.45) is 1.43. The number of hydrogen-bond acceptors (Lipinski definition) is 6. The summed E-state index contributed by atoms with van der Waals surface area (Å²) in [6.45, 7) is 5.25. The van der Waals surface area contributed by atoms with Gasteiger partial charge in [-0.05, 0) is 49.6 Å². The van der Waals surface area contributed by atoms with E-state index < -0.39 is 17.7 Å². The maximum absolute atomic E-state index is 13.1. The van der Waals surface area contributed by atoms with E-state index in [9.17, 15) is 14.7 Å². The van der Waals surface area contributed by atoms with Crippen molar-refractivity contribution in [1.82, 2.24) is 4.90 Å². The first kappa shape index (κ1) is 24.3. The molecule has 0 bridgehead atoms. The Kier molecular flexibility index (Phi) is 8.11. The molecule has 1 aliphatic rings. The number of nitrogens with zero attached hydrogens (tertiary/aromatic N) is 1. The molecule has 1 unspecified atom stereocenters. The quantitative estimate of drug-likeness (QED) is 0.251. The molecule has 1 fully saturated rings. The Bertz CT molecular complexity index is 1040. The third kappa shape index (κ3) is 5.03. The lowest BCUT2D eigenvalue weighted by Crippen LogP contribution is -2.31. The number of aliphatic hydroxyl groups is 1. The van der Waals surface area contributed by atoms with E-state index in [2.05, 4.69) is 0 Å². The van der Waals surface area contributed by atoms with Gasteiger partial charge in [0.1, 0.15) is 17.3 Å². The highest BCUT2D eigenvalue weighted by molar-refractivity contribution is 6.46. The van der Waals surface area contributed by atoms with Crippen LogP contribution in [0, 0.1) is 6.92 Å². The van der Waals surface area contributed by atoms with E-state index >= 15 is 0 Å². The van der Waals surface area contributed by atoms with Gasteiger partial charge in [-0.3, -0.25) is 9.59 Å². The van der Waals surface area contributed by atoms with Gasteiger partial charge in [-0.1, -0.05) is 25.1 Å². The van der Waals surface area contributed by atoms with Gasteiger partial charge in [0.2, 0.25) is 0 Å². The van der Waals surface area contributed by atoms with E-state index in [-0.39, 0.29) is 11.3 Å². The molecule has 0 radical (unpaired) electrons. The molecule has 1 atom stereocenters. The number of carbonyl (C=O) groups is 2. The Morgan fingerprint density at radius 3 is 2.48 bits per heavy atom. The van der Waals surface area contributed by atoms with Gasteiger partial charge in [0.15, 0.2) is 0 Å². The number of rotatable bonds is 10. The molecule has 1 saturated heterocycles. The van der Waals surface area contributed by atoms with Gasteiger partial charge in [0.05, 0.1) is 25.3 Å². The molecule has 0 spiro atoms. The first-order chi connectivity index (χ1) is 15.9. The van der Waals surface area contributed by atoms with Crippen molar-refractivity contribution in [1.29, 1.82) is 0 Å². The number of benzene rings is 2. The molecule has 176 valence electrons. The normalized spacial score (nSPS) is 17.5. The molecule has 1 aliphatic heterocycles. The van der Waals surface area contributed by atoms with Crippen molar-refractivity contribution in [3.8, 4) is 11.5 Å². The minimum atomic E-state index is -0.769. The average molecular weight is 454 g/mol. The first-order valence-electron chi connectivity index (χ1n) is 11.1. The van der Waals surface area contributed by atoms with Crippen LogP contribution in [0.25, 0.3) is 5.76 Å². The monoisotopic (exact) mass is 453 g/mol. The topological polar surface area (TPSA) is 85.3 Å². The van der Waals surface area contributed by atoms with Crippen LogP contribution in [-0.2, 0) is 14.3 Å². The number of ketones is 1. The number of hydrogen-bond donors (Lipinski definition) is 1. The van der Waals surface area contributed by atoms with Crippen LogP contribution in [0.2, 0.25) is 0 Å². The predicted octanol–water partition coefficient (Wildman–Crippen LogP) is 4.25. The highest BCUT2D eigenvalue weighted by atomic mass is 16.5. The van der Waals surface area contributed by atoms with E-state index in [1.165, 1.54) is 12.0 Å². The van der Waals surface area contributed by atoms with Crippen LogP contribution in [0.3, 0.4) is 0 Å². The van der Waals surface area contributed by atoms with Gasteiger partial charge in [-0.2, -0.15) is 0 Å². The van der Waals surface area contributed by atoms with Gasteiger partial charge in [0.25, 0.3) is 11.7 Å². The maximum atomic E-state index is 13.1. The molecule has 1 amide bonds. The predicted molar refractivity (Wildman–Crippen MR) is 125 cm³/mol. The van der Waals surface area contributed by atoms with Crippen LogP contribution in [0.5, 0.6) is 11.5 Å². The van der Waals surface area contributed by atoms with E-state index in [0.717, 1.165) is 17.7 Å². The molecule has 7 heteroatoms. The van der Waals surface area contributed by atoms with Crippen molar-refractivity contribution < 1.29 is 28.9 Å². The summed E-state index contributed by atoms with van der Waals surface area (Å²) < 4.78 is 16.4. The number of Topliss-reactive ketones (excluding diaryl/α,β-unsaturated/α-hetero) is 1. The fraction of sp³-hybridized carbons (Fsp3) is 0.385. The Hall–Kier alpha value is -3.32. The third-order valence-corrected chi connectivity index (χ3v) is 5.63. The molecule has 2 aromatic carbocycles. The maximum Gasteiger partial charge on any atom is 0.295 e. The second kappa shape index (κ2) is 11.0. The summed E-state index contributed by atoms with van der Waals surface area (Å²) in [7, 11) is 3.12. The van der Waals surface area contributed by atoms with Crippen molar-refractivity contribution >= 4 is 17.4 Å². The number of likely N-dealkylation sites (tertiary alicyclic amines) is 1. The summed E-state index contributed by atoms with van der Waals surface area (Å²) in [5, 5.41) is 11.3. The summed E-state index contributed by atoms with van der Waals surface area (Å²) in [5.41, 5.74) is 1.96. The van der Waals surface area contributed by atoms with E-state index in [4.69, 9.17) is 14.2 Å². The number of ether oxygens (including phenoxy) is 3. The Labute approximate surface area is 194 Å². The zero-order valence-corrected chi connectivity index (χ0v) is 19.6. The van der Waals surface area contributed by atoms with E-state index in [0.29, 0.717) is 43.1 Å². The van der Waals surface area contributed by atoms with Crippen LogP contribution in [-0.4, -0.2) is 55.7 Å². The van der Waals surface area contributed by atoms with Crippen molar-refractivity contribution in [2.75, 3.05) is 34.0 Å². The zero-order chi connectivity index (χ0) is 24.0. The number of aryl methyl sites for hydroxylation is 1. The van der Waals surface area contributed by atoms with Crippen LogP contribution in [0.15, 0.2) is 48.0 Å².